The Bertz CT molecular complexity index is 1060. The summed E-state index contributed by atoms with van der Waals surface area (Å²) < 4.78 is 47.2. The number of aromatic nitrogens is 2. The molecule has 1 saturated heterocycles. The fourth-order valence-corrected chi connectivity index (χ4v) is 5.57. The minimum absolute atomic E-state index is 0.00606. The van der Waals surface area contributed by atoms with Crippen molar-refractivity contribution in [3.05, 3.63) is 47.5 Å². The van der Waals surface area contributed by atoms with E-state index in [1.54, 1.807) is 15.7 Å². The van der Waals surface area contributed by atoms with Crippen molar-refractivity contribution >= 4 is 15.7 Å². The summed E-state index contributed by atoms with van der Waals surface area (Å²) in [5, 5.41) is -0.0325. The zero-order chi connectivity index (χ0) is 22.9. The first kappa shape index (κ1) is 22.9. The van der Waals surface area contributed by atoms with Crippen LogP contribution in [0.4, 0.5) is 4.39 Å². The van der Waals surface area contributed by atoms with Crippen molar-refractivity contribution in [3.8, 4) is 0 Å². The number of carbonyl (C=O) groups excluding carboxylic acids is 1. The maximum Gasteiger partial charge on any atom is 0.228 e. The molecular formula is C23H30FN3O4S. The van der Waals surface area contributed by atoms with Crippen LogP contribution in [0, 0.1) is 11.7 Å². The van der Waals surface area contributed by atoms with Crippen LogP contribution in [0.15, 0.2) is 35.6 Å². The Labute approximate surface area is 188 Å². The van der Waals surface area contributed by atoms with Gasteiger partial charge in [0, 0.05) is 18.6 Å². The van der Waals surface area contributed by atoms with E-state index in [0.717, 1.165) is 25.7 Å². The molecule has 2 heterocycles. The fraction of sp³-hybridized carbons (Fsp3) is 0.565. The molecule has 2 aromatic rings. The second kappa shape index (κ2) is 9.31. The van der Waals surface area contributed by atoms with Crippen molar-refractivity contribution in [2.45, 2.75) is 75.7 Å². The molecule has 2 fully saturated rings. The molecule has 0 bridgehead atoms. The largest absolute Gasteiger partial charge is 0.376 e. The average molecular weight is 464 g/mol. The molecule has 9 heteroatoms. The van der Waals surface area contributed by atoms with Gasteiger partial charge in [0.05, 0.1) is 36.8 Å². The molecule has 0 radical (unpaired) electrons. The first-order valence-electron chi connectivity index (χ1n) is 11.2. The lowest BCUT2D eigenvalue weighted by atomic mass is 10.2. The molecule has 174 valence electrons. The van der Waals surface area contributed by atoms with Gasteiger partial charge >= 0.3 is 0 Å². The standard InChI is InChI=1S/C23H30FN3O4S/c1-16(2)26(22(28)18-7-8-18)13-20-12-25-23(27(20)14-21-4-3-11-31-21)32(29,30)15-17-5-9-19(24)10-6-17/h5-6,9-10,12,16,18,21H,3-4,7-8,11,13-15H2,1-2H3/t21-/m1/s1. The summed E-state index contributed by atoms with van der Waals surface area (Å²) in [6.07, 6.45) is 5.08. The molecule has 2 aliphatic rings. The fourth-order valence-electron chi connectivity index (χ4n) is 4.07. The molecular weight excluding hydrogens is 433 g/mol. The molecule has 7 nitrogen and oxygen atoms in total. The van der Waals surface area contributed by atoms with Gasteiger partial charge in [0.15, 0.2) is 0 Å². The van der Waals surface area contributed by atoms with Crippen molar-refractivity contribution in [1.29, 1.82) is 0 Å². The molecule has 0 N–H and O–H groups in total. The van der Waals surface area contributed by atoms with Crippen LogP contribution in [-0.4, -0.2) is 47.5 Å². The van der Waals surface area contributed by atoms with Gasteiger partial charge in [0.2, 0.25) is 20.9 Å². The predicted octanol–water partition coefficient (Wildman–Crippen LogP) is 3.32. The van der Waals surface area contributed by atoms with E-state index < -0.39 is 15.7 Å². The number of carbonyl (C=O) groups is 1. The number of imidazole rings is 1. The minimum Gasteiger partial charge on any atom is -0.376 e. The van der Waals surface area contributed by atoms with Crippen LogP contribution in [0.1, 0.15) is 50.8 Å². The number of hydrogen-bond acceptors (Lipinski definition) is 5. The summed E-state index contributed by atoms with van der Waals surface area (Å²) in [4.78, 5) is 18.9. The number of hydrogen-bond donors (Lipinski definition) is 0. The number of benzene rings is 1. The maximum absolute atomic E-state index is 13.3. The van der Waals surface area contributed by atoms with Crippen LogP contribution in [0.3, 0.4) is 0 Å². The van der Waals surface area contributed by atoms with E-state index in [1.165, 1.54) is 24.3 Å². The number of sulfone groups is 1. The van der Waals surface area contributed by atoms with Gasteiger partial charge in [0.1, 0.15) is 5.82 Å². The number of rotatable bonds is 9. The number of amides is 1. The van der Waals surface area contributed by atoms with Crippen LogP contribution >= 0.6 is 0 Å². The third-order valence-corrected chi connectivity index (χ3v) is 7.62. The second-order valence-corrected chi connectivity index (χ2v) is 10.9. The van der Waals surface area contributed by atoms with Crippen LogP contribution in [0.25, 0.3) is 0 Å². The highest BCUT2D eigenvalue weighted by Crippen LogP contribution is 2.32. The molecule has 1 amide bonds. The zero-order valence-electron chi connectivity index (χ0n) is 18.5. The Balaban J connectivity index is 1.64. The molecule has 1 atom stereocenters. The van der Waals surface area contributed by atoms with Crippen molar-refractivity contribution in [2.24, 2.45) is 5.92 Å². The Morgan fingerprint density at radius 1 is 1.25 bits per heavy atom. The lowest BCUT2D eigenvalue weighted by Gasteiger charge is -2.28. The predicted molar refractivity (Wildman–Crippen MR) is 117 cm³/mol. The number of ether oxygens (including phenoxy) is 1. The SMILES string of the molecule is CC(C)N(Cc1cnc(S(=O)(=O)Cc2ccc(F)cc2)n1C[C@H]1CCCO1)C(=O)C1CC1. The zero-order valence-corrected chi connectivity index (χ0v) is 19.4. The first-order chi connectivity index (χ1) is 15.2. The molecule has 1 aromatic carbocycles. The molecule has 1 aromatic heterocycles. The van der Waals surface area contributed by atoms with Crippen molar-refractivity contribution in [1.82, 2.24) is 14.5 Å². The number of halogens is 1. The van der Waals surface area contributed by atoms with E-state index in [4.69, 9.17) is 4.74 Å². The highest BCUT2D eigenvalue weighted by atomic mass is 32.2. The van der Waals surface area contributed by atoms with Gasteiger partial charge in [-0.15, -0.1) is 0 Å². The monoisotopic (exact) mass is 463 g/mol. The highest BCUT2D eigenvalue weighted by molar-refractivity contribution is 7.90. The first-order valence-corrected chi connectivity index (χ1v) is 12.8. The molecule has 1 aliphatic carbocycles. The summed E-state index contributed by atoms with van der Waals surface area (Å²) in [5.74, 6) is -0.499. The van der Waals surface area contributed by atoms with Gasteiger partial charge < -0.3 is 14.2 Å². The van der Waals surface area contributed by atoms with E-state index in [2.05, 4.69) is 4.98 Å². The summed E-state index contributed by atoms with van der Waals surface area (Å²) in [5.41, 5.74) is 1.17. The van der Waals surface area contributed by atoms with E-state index in [0.29, 0.717) is 31.0 Å². The Kier molecular flexibility index (Phi) is 6.67. The minimum atomic E-state index is -3.79. The summed E-state index contributed by atoms with van der Waals surface area (Å²) in [6.45, 7) is 5.26. The van der Waals surface area contributed by atoms with Gasteiger partial charge in [-0.1, -0.05) is 12.1 Å². The Morgan fingerprint density at radius 2 is 1.97 bits per heavy atom. The molecule has 1 saturated carbocycles. The van der Waals surface area contributed by atoms with E-state index >= 15 is 0 Å². The van der Waals surface area contributed by atoms with Gasteiger partial charge in [-0.05, 0) is 57.2 Å². The smallest absolute Gasteiger partial charge is 0.228 e. The van der Waals surface area contributed by atoms with E-state index in [1.807, 2.05) is 13.8 Å². The van der Waals surface area contributed by atoms with Crippen molar-refractivity contribution in [2.75, 3.05) is 6.61 Å². The maximum atomic E-state index is 13.3. The topological polar surface area (TPSA) is 81.5 Å². The third kappa shape index (κ3) is 5.20. The summed E-state index contributed by atoms with van der Waals surface area (Å²) in [7, 11) is -3.79. The lowest BCUT2D eigenvalue weighted by molar-refractivity contribution is -0.135. The molecule has 4 rings (SSSR count). The molecule has 0 unspecified atom stereocenters. The van der Waals surface area contributed by atoms with Gasteiger partial charge in [-0.3, -0.25) is 4.79 Å². The van der Waals surface area contributed by atoms with Gasteiger partial charge in [-0.2, -0.15) is 0 Å². The second-order valence-electron chi connectivity index (χ2n) is 9.00. The quantitative estimate of drug-likeness (QED) is 0.570. The molecule has 1 aliphatic heterocycles. The lowest BCUT2D eigenvalue weighted by Crippen LogP contribution is -2.38. The van der Waals surface area contributed by atoms with Crippen molar-refractivity contribution in [3.63, 3.8) is 0 Å². The number of nitrogens with zero attached hydrogens (tertiary/aromatic N) is 3. The highest BCUT2D eigenvalue weighted by Gasteiger charge is 2.35. The Morgan fingerprint density at radius 3 is 2.56 bits per heavy atom. The van der Waals surface area contributed by atoms with Gasteiger partial charge in [0.25, 0.3) is 0 Å². The summed E-state index contributed by atoms with van der Waals surface area (Å²) >= 11 is 0. The Hall–Kier alpha value is -2.26. The van der Waals surface area contributed by atoms with Crippen LogP contribution in [0.5, 0.6) is 0 Å². The normalized spacial score (nSPS) is 18.9. The van der Waals surface area contributed by atoms with Crippen LogP contribution < -0.4 is 0 Å². The van der Waals surface area contributed by atoms with Crippen LogP contribution in [0.2, 0.25) is 0 Å². The van der Waals surface area contributed by atoms with Crippen molar-refractivity contribution < 1.29 is 22.3 Å². The summed E-state index contributed by atoms with van der Waals surface area (Å²) in [6, 6.07) is 5.43. The van der Waals surface area contributed by atoms with E-state index in [-0.39, 0.29) is 34.9 Å². The average Bonchev–Trinajstić information content (AvgIpc) is 3.32. The molecule has 0 spiro atoms. The third-order valence-electron chi connectivity index (χ3n) is 6.03. The van der Waals surface area contributed by atoms with E-state index in [9.17, 15) is 17.6 Å². The van der Waals surface area contributed by atoms with Crippen LogP contribution in [-0.2, 0) is 38.2 Å². The molecule has 32 heavy (non-hydrogen) atoms. The van der Waals surface area contributed by atoms with Gasteiger partial charge in [-0.25, -0.2) is 17.8 Å².